The number of benzene rings is 1. The highest BCUT2D eigenvalue weighted by molar-refractivity contribution is 6.32. The molecule has 3 aromatic rings. The van der Waals surface area contributed by atoms with Crippen molar-refractivity contribution in [3.8, 4) is 6.07 Å². The largest absolute Gasteiger partial charge is 0.435 e. The van der Waals surface area contributed by atoms with Crippen molar-refractivity contribution in [2.75, 3.05) is 5.32 Å². The van der Waals surface area contributed by atoms with Crippen molar-refractivity contribution in [3.63, 3.8) is 0 Å². The maximum Gasteiger partial charge on any atom is 0.435 e. The molecule has 0 aliphatic carbocycles. The number of hydrogen-bond acceptors (Lipinski definition) is 5. The normalized spacial score (nSPS) is 11.8. The molecule has 0 aliphatic heterocycles. The summed E-state index contributed by atoms with van der Waals surface area (Å²) in [5.74, 6) is 0.102. The van der Waals surface area contributed by atoms with Gasteiger partial charge in [-0.05, 0) is 18.2 Å². The van der Waals surface area contributed by atoms with Crippen LogP contribution in [0.4, 0.5) is 30.5 Å². The molecule has 0 aliphatic rings. The van der Waals surface area contributed by atoms with Crippen molar-refractivity contribution in [2.24, 2.45) is 12.0 Å². The summed E-state index contributed by atoms with van der Waals surface area (Å²) < 4.78 is 40.2. The van der Waals surface area contributed by atoms with Crippen LogP contribution in [-0.4, -0.2) is 26.2 Å². The Morgan fingerprint density at radius 1 is 1.36 bits per heavy atom. The molecule has 0 unspecified atom stereocenters. The molecule has 12 heteroatoms. The van der Waals surface area contributed by atoms with E-state index in [-0.39, 0.29) is 22.4 Å². The van der Waals surface area contributed by atoms with Crippen LogP contribution in [0.15, 0.2) is 29.3 Å². The van der Waals surface area contributed by atoms with E-state index >= 15 is 0 Å². The number of H-pyrrole nitrogens is 1. The third kappa shape index (κ3) is 3.95. The van der Waals surface area contributed by atoms with E-state index in [1.807, 2.05) is 6.07 Å². The number of rotatable bonds is 4. The second-order valence-electron chi connectivity index (χ2n) is 5.48. The van der Waals surface area contributed by atoms with Gasteiger partial charge in [-0.15, -0.1) is 0 Å². The monoisotopic (exact) mass is 427 g/mol. The van der Waals surface area contributed by atoms with Crippen LogP contribution < -0.4 is 5.32 Å². The van der Waals surface area contributed by atoms with Crippen molar-refractivity contribution in [1.29, 1.82) is 5.26 Å². The number of nitrogens with zero attached hydrogens (tertiary/aromatic N) is 5. The number of halogens is 5. The summed E-state index contributed by atoms with van der Waals surface area (Å²) in [5, 5.41) is 22.3. The van der Waals surface area contributed by atoms with Gasteiger partial charge in [0.05, 0.1) is 5.56 Å². The number of aryl methyl sites for hydroxylation is 1. The molecule has 2 heterocycles. The lowest BCUT2D eigenvalue weighted by atomic mass is 10.2. The van der Waals surface area contributed by atoms with Gasteiger partial charge in [-0.1, -0.05) is 29.3 Å². The molecular formula is C16H10Cl2F3N7. The van der Waals surface area contributed by atoms with Crippen LogP contribution in [0.5, 0.6) is 0 Å². The van der Waals surface area contributed by atoms with E-state index in [4.69, 9.17) is 23.2 Å². The van der Waals surface area contributed by atoms with Crippen LogP contribution in [0.25, 0.3) is 0 Å². The van der Waals surface area contributed by atoms with Crippen molar-refractivity contribution in [3.05, 3.63) is 51.3 Å². The minimum absolute atomic E-state index is 0.00444. The average Bonchev–Trinajstić information content (AvgIpc) is 3.14. The number of hydrogen-bond donors (Lipinski definition) is 2. The quantitative estimate of drug-likeness (QED) is 0.582. The van der Waals surface area contributed by atoms with Crippen LogP contribution in [0.3, 0.4) is 0 Å². The Labute approximate surface area is 166 Å². The minimum Gasteiger partial charge on any atom is -0.339 e. The van der Waals surface area contributed by atoms with Crippen LogP contribution in [0.2, 0.25) is 10.2 Å². The first-order valence-corrected chi connectivity index (χ1v) is 8.31. The van der Waals surface area contributed by atoms with Gasteiger partial charge in [-0.2, -0.15) is 28.6 Å². The fourth-order valence-corrected chi connectivity index (χ4v) is 2.67. The van der Waals surface area contributed by atoms with Gasteiger partial charge in [-0.3, -0.25) is 9.78 Å². The molecule has 2 N–H and O–H groups in total. The number of aromatic nitrogens is 4. The van der Waals surface area contributed by atoms with Gasteiger partial charge in [0.15, 0.2) is 11.5 Å². The van der Waals surface area contributed by atoms with Crippen molar-refractivity contribution >= 4 is 46.7 Å². The number of nitriles is 1. The van der Waals surface area contributed by atoms with Gasteiger partial charge in [0, 0.05) is 24.0 Å². The topological polar surface area (TPSA) is 94.7 Å². The van der Waals surface area contributed by atoms with Crippen LogP contribution in [0.1, 0.15) is 16.8 Å². The number of anilines is 2. The zero-order valence-corrected chi connectivity index (χ0v) is 15.5. The third-order valence-electron chi connectivity index (χ3n) is 3.55. The molecule has 7 nitrogen and oxygen atoms in total. The molecule has 3 rings (SSSR count). The summed E-state index contributed by atoms with van der Waals surface area (Å²) in [6.45, 7) is 0. The van der Waals surface area contributed by atoms with E-state index < -0.39 is 17.4 Å². The Morgan fingerprint density at radius 3 is 2.75 bits per heavy atom. The van der Waals surface area contributed by atoms with E-state index in [0.29, 0.717) is 10.7 Å². The predicted molar refractivity (Wildman–Crippen MR) is 98.5 cm³/mol. The number of alkyl halides is 3. The molecule has 0 amide bonds. The average molecular weight is 428 g/mol. The van der Waals surface area contributed by atoms with Gasteiger partial charge in [-0.25, -0.2) is 4.99 Å². The summed E-state index contributed by atoms with van der Waals surface area (Å²) in [6, 6.07) is 8.61. The van der Waals surface area contributed by atoms with E-state index in [0.717, 1.165) is 10.9 Å². The second-order valence-corrected chi connectivity index (χ2v) is 6.27. The van der Waals surface area contributed by atoms with Gasteiger partial charge >= 0.3 is 6.18 Å². The lowest BCUT2D eigenvalue weighted by molar-refractivity contribution is -0.141. The molecule has 1 aromatic carbocycles. The molecular weight excluding hydrogens is 418 g/mol. The third-order valence-corrected chi connectivity index (χ3v) is 4.23. The molecule has 0 radical (unpaired) electrons. The Morgan fingerprint density at radius 2 is 2.11 bits per heavy atom. The molecule has 0 fully saturated rings. The molecule has 0 bridgehead atoms. The fourth-order valence-electron chi connectivity index (χ4n) is 2.30. The van der Waals surface area contributed by atoms with Gasteiger partial charge < -0.3 is 5.32 Å². The predicted octanol–water partition coefficient (Wildman–Crippen LogP) is 4.83. The lowest BCUT2D eigenvalue weighted by Gasteiger charge is -2.04. The Bertz CT molecular complexity index is 1090. The zero-order valence-electron chi connectivity index (χ0n) is 14.0. The molecule has 0 atom stereocenters. The van der Waals surface area contributed by atoms with E-state index in [9.17, 15) is 18.4 Å². The first-order chi connectivity index (χ1) is 13.2. The van der Waals surface area contributed by atoms with E-state index in [1.54, 1.807) is 24.3 Å². The summed E-state index contributed by atoms with van der Waals surface area (Å²) >= 11 is 11.8. The van der Waals surface area contributed by atoms with Crippen molar-refractivity contribution < 1.29 is 13.2 Å². The SMILES string of the molecule is Cn1nc(C(F)(F)F)c(C=Nc2n[nH]c(Nc3cccc(Cl)c3)c2C#N)c1Cl. The highest BCUT2D eigenvalue weighted by Crippen LogP contribution is 2.34. The lowest BCUT2D eigenvalue weighted by Crippen LogP contribution is -2.09. The standard InChI is InChI=1S/C16H10Cl2F3N7/c1-28-13(18)11(12(27-28)16(19,20)21)7-23-14-10(6-22)15(26-25-14)24-9-4-2-3-8(17)5-9/h2-5,7H,1H3,(H2,24,25,26). The Hall–Kier alpha value is -3.03. The second kappa shape index (κ2) is 7.53. The van der Waals surface area contributed by atoms with Crippen molar-refractivity contribution in [1.82, 2.24) is 20.0 Å². The van der Waals surface area contributed by atoms with E-state index in [2.05, 4.69) is 25.6 Å². The number of nitrogens with one attached hydrogen (secondary N) is 2. The number of aromatic amines is 1. The van der Waals surface area contributed by atoms with Gasteiger partial charge in [0.1, 0.15) is 22.6 Å². The van der Waals surface area contributed by atoms with E-state index in [1.165, 1.54) is 7.05 Å². The molecule has 28 heavy (non-hydrogen) atoms. The first-order valence-electron chi connectivity index (χ1n) is 7.55. The highest BCUT2D eigenvalue weighted by atomic mass is 35.5. The maximum atomic E-state index is 13.1. The molecule has 0 saturated heterocycles. The molecule has 0 spiro atoms. The summed E-state index contributed by atoms with van der Waals surface area (Å²) in [7, 11) is 1.27. The van der Waals surface area contributed by atoms with Crippen LogP contribution in [0, 0.1) is 11.3 Å². The summed E-state index contributed by atoms with van der Waals surface area (Å²) in [5.41, 5.74) is -1.02. The number of aliphatic imine (C=N–C) groups is 1. The Kier molecular flexibility index (Phi) is 5.31. The maximum absolute atomic E-state index is 13.1. The van der Waals surface area contributed by atoms with Gasteiger partial charge in [0.2, 0.25) is 0 Å². The zero-order chi connectivity index (χ0) is 20.5. The van der Waals surface area contributed by atoms with Crippen LogP contribution >= 0.6 is 23.2 Å². The summed E-state index contributed by atoms with van der Waals surface area (Å²) in [6.07, 6.45) is -3.84. The van der Waals surface area contributed by atoms with Gasteiger partial charge in [0.25, 0.3) is 0 Å². The minimum atomic E-state index is -4.71. The smallest absolute Gasteiger partial charge is 0.339 e. The van der Waals surface area contributed by atoms with Crippen molar-refractivity contribution in [2.45, 2.75) is 6.18 Å². The molecule has 0 saturated carbocycles. The molecule has 144 valence electrons. The Balaban J connectivity index is 1.95. The highest BCUT2D eigenvalue weighted by Gasteiger charge is 2.38. The first kappa shape index (κ1) is 19.7. The molecule has 2 aromatic heterocycles. The van der Waals surface area contributed by atoms with Crippen LogP contribution in [-0.2, 0) is 13.2 Å². The summed E-state index contributed by atoms with van der Waals surface area (Å²) in [4.78, 5) is 3.88. The fraction of sp³-hybridized carbons (Fsp3) is 0.125.